The molecule has 2 atom stereocenters. The molecule has 0 aliphatic heterocycles. The van der Waals surface area contributed by atoms with Gasteiger partial charge >= 0.3 is 0 Å². The van der Waals surface area contributed by atoms with E-state index >= 15 is 0 Å². The maximum Gasteiger partial charge on any atom is 0.0738 e. The van der Waals surface area contributed by atoms with E-state index in [4.69, 9.17) is 10.6 Å². The first-order valence-electron chi connectivity index (χ1n) is 6.15. The molecule has 0 fully saturated rings. The second-order valence-corrected chi connectivity index (χ2v) is 4.54. The molecule has 0 aliphatic carbocycles. The molecule has 0 saturated carbocycles. The van der Waals surface area contributed by atoms with E-state index in [0.29, 0.717) is 6.04 Å². The van der Waals surface area contributed by atoms with Crippen LogP contribution in [0.15, 0.2) is 12.3 Å². The number of nitrogens with zero attached hydrogens (tertiary/aromatic N) is 2. The molecule has 1 aromatic heterocycles. The average Bonchev–Trinajstić information content (AvgIpc) is 2.78. The topological polar surface area (TPSA) is 65.1 Å². The molecule has 0 spiro atoms. The summed E-state index contributed by atoms with van der Waals surface area (Å²) in [5.41, 5.74) is 3.86. The second-order valence-electron chi connectivity index (χ2n) is 4.54. The van der Waals surface area contributed by atoms with Gasteiger partial charge in [-0.05, 0) is 26.3 Å². The van der Waals surface area contributed by atoms with Crippen molar-refractivity contribution in [1.82, 2.24) is 15.2 Å². The highest BCUT2D eigenvalue weighted by atomic mass is 16.5. The molecule has 1 heterocycles. The summed E-state index contributed by atoms with van der Waals surface area (Å²) < 4.78 is 7.36. The van der Waals surface area contributed by atoms with Crippen molar-refractivity contribution in [3.05, 3.63) is 18.0 Å². The van der Waals surface area contributed by atoms with E-state index in [9.17, 15) is 0 Å². The Morgan fingerprint density at radius 1 is 1.53 bits per heavy atom. The molecule has 2 unspecified atom stereocenters. The monoisotopic (exact) mass is 240 g/mol. The maximum absolute atomic E-state index is 5.57. The molecule has 5 nitrogen and oxygen atoms in total. The standard InChI is InChI=1S/C12H24N4O/c1-5-12(17-4)11(14-13)8-10-6-7-16(15-10)9(2)3/h6-7,9,11-12,14H,5,8,13H2,1-4H3. The van der Waals surface area contributed by atoms with Gasteiger partial charge in [-0.25, -0.2) is 0 Å². The van der Waals surface area contributed by atoms with E-state index in [0.717, 1.165) is 18.5 Å². The zero-order valence-electron chi connectivity index (χ0n) is 11.2. The zero-order valence-corrected chi connectivity index (χ0v) is 11.2. The van der Waals surface area contributed by atoms with E-state index in [1.54, 1.807) is 7.11 Å². The Bertz CT molecular complexity index is 320. The highest BCUT2D eigenvalue weighted by Gasteiger charge is 2.19. The minimum absolute atomic E-state index is 0.0977. The van der Waals surface area contributed by atoms with Gasteiger partial charge in [-0.2, -0.15) is 5.10 Å². The number of aromatic nitrogens is 2. The quantitative estimate of drug-likeness (QED) is 0.556. The molecule has 0 bridgehead atoms. The average molecular weight is 240 g/mol. The van der Waals surface area contributed by atoms with Crippen molar-refractivity contribution in [2.45, 2.75) is 51.8 Å². The second kappa shape index (κ2) is 6.74. The fourth-order valence-corrected chi connectivity index (χ4v) is 1.91. The van der Waals surface area contributed by atoms with Crippen LogP contribution in [0.1, 0.15) is 38.9 Å². The van der Waals surface area contributed by atoms with Crippen molar-refractivity contribution in [3.8, 4) is 0 Å². The van der Waals surface area contributed by atoms with Crippen molar-refractivity contribution in [3.63, 3.8) is 0 Å². The van der Waals surface area contributed by atoms with Gasteiger partial charge in [0.1, 0.15) is 0 Å². The Kier molecular flexibility index (Phi) is 5.61. The Balaban J connectivity index is 2.66. The Hall–Kier alpha value is -0.910. The van der Waals surface area contributed by atoms with Gasteiger partial charge in [0.2, 0.25) is 0 Å². The Labute approximate surface area is 103 Å². The van der Waals surface area contributed by atoms with Gasteiger partial charge in [-0.3, -0.25) is 16.0 Å². The van der Waals surface area contributed by atoms with Crippen LogP contribution in [0.4, 0.5) is 0 Å². The predicted molar refractivity (Wildman–Crippen MR) is 68.5 cm³/mol. The number of hydrogen-bond donors (Lipinski definition) is 2. The fraction of sp³-hybridized carbons (Fsp3) is 0.750. The van der Waals surface area contributed by atoms with Crippen molar-refractivity contribution >= 4 is 0 Å². The van der Waals surface area contributed by atoms with Crippen LogP contribution >= 0.6 is 0 Å². The molecular weight excluding hydrogens is 216 g/mol. The fourth-order valence-electron chi connectivity index (χ4n) is 1.91. The highest BCUT2D eigenvalue weighted by Crippen LogP contribution is 2.10. The SMILES string of the molecule is CCC(OC)C(Cc1ccn(C(C)C)n1)NN. The first kappa shape index (κ1) is 14.2. The molecule has 0 aliphatic rings. The lowest BCUT2D eigenvalue weighted by Gasteiger charge is -2.23. The number of hydrazine groups is 1. The van der Waals surface area contributed by atoms with E-state index in [1.807, 2.05) is 16.9 Å². The van der Waals surface area contributed by atoms with Gasteiger partial charge < -0.3 is 4.74 Å². The zero-order chi connectivity index (χ0) is 12.8. The third-order valence-electron chi connectivity index (χ3n) is 2.99. The van der Waals surface area contributed by atoms with Crippen LogP contribution in [0.2, 0.25) is 0 Å². The lowest BCUT2D eigenvalue weighted by Crippen LogP contribution is -2.46. The van der Waals surface area contributed by atoms with Crippen molar-refractivity contribution < 1.29 is 4.74 Å². The third-order valence-corrected chi connectivity index (χ3v) is 2.99. The number of rotatable bonds is 7. The number of nitrogens with one attached hydrogen (secondary N) is 1. The van der Waals surface area contributed by atoms with Crippen LogP contribution in [0, 0.1) is 0 Å². The smallest absolute Gasteiger partial charge is 0.0738 e. The van der Waals surface area contributed by atoms with E-state index in [-0.39, 0.29) is 12.1 Å². The summed E-state index contributed by atoms with van der Waals surface area (Å²) in [6.45, 7) is 6.31. The third kappa shape index (κ3) is 3.80. The lowest BCUT2D eigenvalue weighted by atomic mass is 10.0. The highest BCUT2D eigenvalue weighted by molar-refractivity contribution is 5.03. The molecule has 98 valence electrons. The molecule has 0 amide bonds. The van der Waals surface area contributed by atoms with E-state index in [1.165, 1.54) is 0 Å². The van der Waals surface area contributed by atoms with Crippen molar-refractivity contribution in [1.29, 1.82) is 0 Å². The van der Waals surface area contributed by atoms with E-state index in [2.05, 4.69) is 31.3 Å². The van der Waals surface area contributed by atoms with Crippen LogP contribution in [-0.2, 0) is 11.2 Å². The molecule has 0 aromatic carbocycles. The van der Waals surface area contributed by atoms with E-state index < -0.39 is 0 Å². The Morgan fingerprint density at radius 3 is 2.65 bits per heavy atom. The summed E-state index contributed by atoms with van der Waals surface area (Å²) in [4.78, 5) is 0. The number of methoxy groups -OCH3 is 1. The molecule has 1 rings (SSSR count). The van der Waals surface area contributed by atoms with Gasteiger partial charge in [0.05, 0.1) is 17.8 Å². The Morgan fingerprint density at radius 2 is 2.24 bits per heavy atom. The molecule has 1 aromatic rings. The molecule has 0 saturated heterocycles. The van der Waals surface area contributed by atoms with Gasteiger partial charge in [-0.15, -0.1) is 0 Å². The largest absolute Gasteiger partial charge is 0.380 e. The summed E-state index contributed by atoms with van der Waals surface area (Å²) in [7, 11) is 1.71. The summed E-state index contributed by atoms with van der Waals surface area (Å²) >= 11 is 0. The van der Waals surface area contributed by atoms with Gasteiger partial charge in [0.15, 0.2) is 0 Å². The predicted octanol–water partition coefficient (Wildman–Crippen LogP) is 1.26. The molecular formula is C12H24N4O. The first-order valence-corrected chi connectivity index (χ1v) is 6.15. The molecule has 17 heavy (non-hydrogen) atoms. The summed E-state index contributed by atoms with van der Waals surface area (Å²) in [6.07, 6.45) is 3.82. The van der Waals surface area contributed by atoms with Crippen LogP contribution in [-0.4, -0.2) is 29.0 Å². The minimum Gasteiger partial charge on any atom is -0.380 e. The summed E-state index contributed by atoms with van der Waals surface area (Å²) in [5, 5.41) is 4.51. The van der Waals surface area contributed by atoms with Gasteiger partial charge in [-0.1, -0.05) is 6.92 Å². The molecule has 5 heteroatoms. The molecule has 3 N–H and O–H groups in total. The first-order chi connectivity index (χ1) is 8.12. The maximum atomic E-state index is 5.57. The van der Waals surface area contributed by atoms with Crippen LogP contribution in [0.5, 0.6) is 0 Å². The van der Waals surface area contributed by atoms with Crippen molar-refractivity contribution in [2.75, 3.05) is 7.11 Å². The van der Waals surface area contributed by atoms with Crippen LogP contribution in [0.25, 0.3) is 0 Å². The van der Waals surface area contributed by atoms with Gasteiger partial charge in [0, 0.05) is 25.8 Å². The normalized spacial score (nSPS) is 15.2. The lowest BCUT2D eigenvalue weighted by molar-refractivity contribution is 0.0650. The van der Waals surface area contributed by atoms with Crippen molar-refractivity contribution in [2.24, 2.45) is 5.84 Å². The summed E-state index contributed by atoms with van der Waals surface area (Å²) in [5.74, 6) is 5.57. The van der Waals surface area contributed by atoms with Crippen LogP contribution < -0.4 is 11.3 Å². The minimum atomic E-state index is 0.0977. The number of hydrogen-bond acceptors (Lipinski definition) is 4. The van der Waals surface area contributed by atoms with Gasteiger partial charge in [0.25, 0.3) is 0 Å². The number of ether oxygens (including phenoxy) is 1. The summed E-state index contributed by atoms with van der Waals surface area (Å²) in [6, 6.07) is 2.52. The number of nitrogens with two attached hydrogens (primary N) is 1. The van der Waals surface area contributed by atoms with Crippen LogP contribution in [0.3, 0.4) is 0 Å². The molecule has 0 radical (unpaired) electrons.